The van der Waals surface area contributed by atoms with E-state index < -0.39 is 5.54 Å². The number of para-hydroxylation sites is 1. The van der Waals surface area contributed by atoms with E-state index in [1.54, 1.807) is 17.8 Å². The molecule has 1 heterocycles. The summed E-state index contributed by atoms with van der Waals surface area (Å²) >= 11 is 1.74. The third kappa shape index (κ3) is 7.24. The molecule has 0 aromatic heterocycles. The van der Waals surface area contributed by atoms with E-state index in [1.807, 2.05) is 21.7 Å². The number of fused-ring (bicyclic) bond motifs is 1. The van der Waals surface area contributed by atoms with Crippen molar-refractivity contribution in [3.05, 3.63) is 48.0 Å². The highest BCUT2D eigenvalue weighted by atomic mass is 32.2. The molecule has 7 heteroatoms. The first-order valence-electron chi connectivity index (χ1n) is 9.69. The van der Waals surface area contributed by atoms with Crippen molar-refractivity contribution in [3.63, 3.8) is 0 Å². The van der Waals surface area contributed by atoms with Gasteiger partial charge in [-0.05, 0) is 52.3 Å². The zero-order valence-corrected chi connectivity index (χ0v) is 19.8. The van der Waals surface area contributed by atoms with E-state index in [9.17, 15) is 0 Å². The molecular formula is C21H34BN2O2PS. The van der Waals surface area contributed by atoms with Crippen LogP contribution in [0.25, 0.3) is 0 Å². The summed E-state index contributed by atoms with van der Waals surface area (Å²) in [4.78, 5) is 3.52. The third-order valence-corrected chi connectivity index (χ3v) is 5.78. The SMILES string of the molecule is BC(C)(P)OCCC(C)(C)OCCN1/C(=C/C(C)(N)C=C)Sc2ccccc21. The number of thioether (sulfide) groups is 1. The lowest BCUT2D eigenvalue weighted by Gasteiger charge is -2.30. The number of hydrogen-bond donors (Lipinski definition) is 1. The van der Waals surface area contributed by atoms with Gasteiger partial charge in [0.25, 0.3) is 0 Å². The van der Waals surface area contributed by atoms with Gasteiger partial charge in [0.05, 0.1) is 28.5 Å². The van der Waals surface area contributed by atoms with Gasteiger partial charge in [0.1, 0.15) is 7.85 Å². The smallest absolute Gasteiger partial charge is 0.147 e. The Morgan fingerprint density at radius 2 is 1.89 bits per heavy atom. The summed E-state index contributed by atoms with van der Waals surface area (Å²) in [5, 5.41) is 0.923. The van der Waals surface area contributed by atoms with Gasteiger partial charge in [-0.25, -0.2) is 0 Å². The van der Waals surface area contributed by atoms with Crippen LogP contribution in [0.2, 0.25) is 0 Å². The second-order valence-electron chi connectivity index (χ2n) is 8.58. The molecule has 0 bridgehead atoms. The predicted octanol–water partition coefficient (Wildman–Crippen LogP) is 3.73. The van der Waals surface area contributed by atoms with E-state index in [1.165, 1.54) is 10.6 Å². The second kappa shape index (κ2) is 9.36. The van der Waals surface area contributed by atoms with Crippen molar-refractivity contribution in [1.29, 1.82) is 0 Å². The van der Waals surface area contributed by atoms with Crippen LogP contribution >= 0.6 is 21.0 Å². The predicted molar refractivity (Wildman–Crippen MR) is 128 cm³/mol. The molecule has 1 aromatic rings. The van der Waals surface area contributed by atoms with Crippen molar-refractivity contribution in [2.24, 2.45) is 5.73 Å². The highest BCUT2D eigenvalue weighted by Gasteiger charge is 2.28. The number of nitrogens with zero attached hydrogens (tertiary/aromatic N) is 1. The largest absolute Gasteiger partial charge is 0.380 e. The fourth-order valence-electron chi connectivity index (χ4n) is 2.76. The Hall–Kier alpha value is -0.775. The molecule has 2 N–H and O–H groups in total. The number of anilines is 1. The minimum absolute atomic E-state index is 0.202. The maximum absolute atomic E-state index is 6.30. The topological polar surface area (TPSA) is 47.7 Å². The van der Waals surface area contributed by atoms with Crippen molar-refractivity contribution in [3.8, 4) is 0 Å². The Bertz CT molecular complexity index is 717. The Kier molecular flexibility index (Phi) is 7.86. The van der Waals surface area contributed by atoms with E-state index in [-0.39, 0.29) is 10.8 Å². The summed E-state index contributed by atoms with van der Waals surface area (Å²) in [6, 6.07) is 8.42. The van der Waals surface area contributed by atoms with Crippen molar-refractivity contribution in [1.82, 2.24) is 0 Å². The summed E-state index contributed by atoms with van der Waals surface area (Å²) in [5.74, 6) is 0. The van der Waals surface area contributed by atoms with E-state index >= 15 is 0 Å². The van der Waals surface area contributed by atoms with Crippen LogP contribution in [0.5, 0.6) is 0 Å². The lowest BCUT2D eigenvalue weighted by atomic mass is 10.0. The van der Waals surface area contributed by atoms with Gasteiger partial charge in [-0.15, -0.1) is 15.8 Å². The molecule has 154 valence electrons. The molecule has 0 saturated heterocycles. The highest BCUT2D eigenvalue weighted by Crippen LogP contribution is 2.46. The molecule has 0 aliphatic carbocycles. The maximum atomic E-state index is 6.30. The Balaban J connectivity index is 2.00. The molecule has 1 aliphatic rings. The van der Waals surface area contributed by atoms with Crippen LogP contribution in [0.1, 0.15) is 34.1 Å². The first kappa shape index (κ1) is 23.5. The van der Waals surface area contributed by atoms with Crippen molar-refractivity contribution >= 4 is 34.5 Å². The van der Waals surface area contributed by atoms with Gasteiger partial charge in [-0.1, -0.05) is 30.0 Å². The summed E-state index contributed by atoms with van der Waals surface area (Å²) in [5.41, 5.74) is 6.71. The molecule has 3 unspecified atom stereocenters. The average molecular weight is 420 g/mol. The Morgan fingerprint density at radius 1 is 1.21 bits per heavy atom. The van der Waals surface area contributed by atoms with Gasteiger partial charge in [-0.2, -0.15) is 0 Å². The molecule has 4 nitrogen and oxygen atoms in total. The van der Waals surface area contributed by atoms with Crippen molar-refractivity contribution in [2.45, 2.75) is 55.4 Å². The molecule has 0 fully saturated rings. The number of ether oxygens (including phenoxy) is 2. The zero-order chi connectivity index (χ0) is 21.0. The van der Waals surface area contributed by atoms with Crippen LogP contribution < -0.4 is 10.6 Å². The zero-order valence-electron chi connectivity index (χ0n) is 17.8. The van der Waals surface area contributed by atoms with E-state index in [0.717, 1.165) is 18.0 Å². The monoisotopic (exact) mass is 420 g/mol. The first-order chi connectivity index (χ1) is 12.9. The van der Waals surface area contributed by atoms with Crippen molar-refractivity contribution in [2.75, 3.05) is 24.7 Å². The van der Waals surface area contributed by atoms with Crippen LogP contribution in [0.15, 0.2) is 52.9 Å². The van der Waals surface area contributed by atoms with E-state index in [0.29, 0.717) is 13.2 Å². The lowest BCUT2D eigenvalue weighted by molar-refractivity contribution is -0.0419. The van der Waals surface area contributed by atoms with Crippen LogP contribution in [-0.2, 0) is 9.47 Å². The van der Waals surface area contributed by atoms with E-state index in [4.69, 9.17) is 15.2 Å². The average Bonchev–Trinajstić information content (AvgIpc) is 2.90. The number of hydrogen-bond acceptors (Lipinski definition) is 5. The number of benzene rings is 1. The molecule has 0 spiro atoms. The summed E-state index contributed by atoms with van der Waals surface area (Å²) in [6.45, 7) is 14.1. The standard InChI is InChI=1S/C21H34BN2O2PS/c1-6-20(4,23)15-18-24(16-9-7-8-10-17(16)28-18)12-14-25-19(2,3)11-13-26-21(5,22)27/h6-10,15H,1,11-14,22-23,27H2,2-5H3/b18-15-. The Morgan fingerprint density at radius 3 is 2.54 bits per heavy atom. The van der Waals surface area contributed by atoms with Crippen LogP contribution in [-0.4, -0.2) is 44.0 Å². The molecule has 3 atom stereocenters. The van der Waals surface area contributed by atoms with Crippen LogP contribution in [0.3, 0.4) is 0 Å². The fourth-order valence-corrected chi connectivity index (χ4v) is 4.15. The van der Waals surface area contributed by atoms with Gasteiger partial charge >= 0.3 is 0 Å². The molecule has 0 saturated carbocycles. The van der Waals surface area contributed by atoms with Crippen molar-refractivity contribution < 1.29 is 9.47 Å². The normalized spacial score (nSPS) is 19.9. The molecule has 0 radical (unpaired) electrons. The Labute approximate surface area is 177 Å². The van der Waals surface area contributed by atoms with Crippen LogP contribution in [0.4, 0.5) is 5.69 Å². The van der Waals surface area contributed by atoms with Crippen LogP contribution in [0, 0.1) is 0 Å². The molecular weight excluding hydrogens is 386 g/mol. The van der Waals surface area contributed by atoms with E-state index in [2.05, 4.69) is 64.9 Å². The lowest BCUT2D eigenvalue weighted by Crippen LogP contribution is -2.35. The minimum atomic E-state index is -0.551. The first-order valence-corrected chi connectivity index (χ1v) is 11.1. The maximum Gasteiger partial charge on any atom is 0.147 e. The third-order valence-electron chi connectivity index (χ3n) is 4.50. The molecule has 0 amide bonds. The summed E-state index contributed by atoms with van der Waals surface area (Å²) in [6.07, 6.45) is 4.69. The van der Waals surface area contributed by atoms with Gasteiger partial charge in [0.2, 0.25) is 0 Å². The second-order valence-corrected chi connectivity index (χ2v) is 11.0. The molecule has 1 aliphatic heterocycles. The molecule has 28 heavy (non-hydrogen) atoms. The van der Waals surface area contributed by atoms with Gasteiger partial charge in [0.15, 0.2) is 0 Å². The van der Waals surface area contributed by atoms with Gasteiger partial charge in [-0.3, -0.25) is 0 Å². The number of rotatable bonds is 10. The van der Waals surface area contributed by atoms with Gasteiger partial charge < -0.3 is 20.1 Å². The highest BCUT2D eigenvalue weighted by molar-refractivity contribution is 8.03. The van der Waals surface area contributed by atoms with Gasteiger partial charge in [0, 0.05) is 23.3 Å². The summed E-state index contributed by atoms with van der Waals surface area (Å²) < 4.78 is 12.0. The fraction of sp³-hybridized carbons (Fsp3) is 0.524. The minimum Gasteiger partial charge on any atom is -0.380 e. The number of nitrogens with two attached hydrogens (primary N) is 1. The molecule has 2 rings (SSSR count). The molecule has 1 aromatic carbocycles. The summed E-state index contributed by atoms with van der Waals surface area (Å²) in [7, 11) is 4.75. The quantitative estimate of drug-likeness (QED) is 0.355.